The lowest BCUT2D eigenvalue weighted by Crippen LogP contribution is -2.32. The topological polar surface area (TPSA) is 76.2 Å². The smallest absolute Gasteiger partial charge is 0.189 e. The number of aliphatic imine (C=N–C) groups is 1. The van der Waals surface area contributed by atoms with Crippen LogP contribution in [0.5, 0.6) is 0 Å². The molecule has 0 aliphatic carbocycles. The van der Waals surface area contributed by atoms with Gasteiger partial charge in [-0.25, -0.2) is 4.99 Å². The first-order valence-electron chi connectivity index (χ1n) is 4.66. The van der Waals surface area contributed by atoms with Crippen LogP contribution in [-0.4, -0.2) is 29.0 Å². The third-order valence-corrected chi connectivity index (χ3v) is 3.46. The van der Waals surface area contributed by atoms with E-state index in [0.717, 1.165) is 14.9 Å². The normalized spacial score (nSPS) is 10.8. The molecule has 0 spiro atoms. The van der Waals surface area contributed by atoms with Crippen LogP contribution in [0.25, 0.3) is 0 Å². The van der Waals surface area contributed by atoms with Gasteiger partial charge in [0.2, 0.25) is 0 Å². The SMILES string of the molecule is C=C(C)CNC(N)=NCc1nnc(SC)s1.I. The van der Waals surface area contributed by atoms with Gasteiger partial charge in [-0.2, -0.15) is 0 Å². The molecule has 0 aliphatic heterocycles. The number of nitrogens with zero attached hydrogens (tertiary/aromatic N) is 3. The first-order valence-corrected chi connectivity index (χ1v) is 6.70. The summed E-state index contributed by atoms with van der Waals surface area (Å²) in [5.41, 5.74) is 6.67. The summed E-state index contributed by atoms with van der Waals surface area (Å²) in [6.07, 6.45) is 1.97. The van der Waals surface area contributed by atoms with E-state index in [1.807, 2.05) is 13.2 Å². The van der Waals surface area contributed by atoms with E-state index in [2.05, 4.69) is 27.1 Å². The van der Waals surface area contributed by atoms with E-state index in [9.17, 15) is 0 Å². The van der Waals surface area contributed by atoms with Gasteiger partial charge in [-0.05, 0) is 13.2 Å². The van der Waals surface area contributed by atoms with Gasteiger partial charge >= 0.3 is 0 Å². The van der Waals surface area contributed by atoms with Crippen LogP contribution in [0.2, 0.25) is 0 Å². The highest BCUT2D eigenvalue weighted by Gasteiger charge is 2.01. The summed E-state index contributed by atoms with van der Waals surface area (Å²) < 4.78 is 0.943. The van der Waals surface area contributed by atoms with E-state index in [4.69, 9.17) is 5.73 Å². The van der Waals surface area contributed by atoms with Gasteiger partial charge in [0.05, 0.1) is 6.54 Å². The number of guanidine groups is 1. The average molecular weight is 385 g/mol. The molecule has 8 heteroatoms. The molecule has 0 saturated carbocycles. The van der Waals surface area contributed by atoms with Gasteiger partial charge in [0.25, 0.3) is 0 Å². The van der Waals surface area contributed by atoms with Crippen LogP contribution in [-0.2, 0) is 6.54 Å². The molecule has 0 unspecified atom stereocenters. The van der Waals surface area contributed by atoms with Crippen molar-refractivity contribution < 1.29 is 0 Å². The van der Waals surface area contributed by atoms with Gasteiger partial charge < -0.3 is 11.1 Å². The second kappa shape index (κ2) is 8.70. The van der Waals surface area contributed by atoms with Crippen LogP contribution in [0.1, 0.15) is 11.9 Å². The lowest BCUT2D eigenvalue weighted by molar-refractivity contribution is 0.902. The second-order valence-corrected chi connectivity index (χ2v) is 5.29. The largest absolute Gasteiger partial charge is 0.370 e. The Kier molecular flexibility index (Phi) is 8.52. The molecule has 0 radical (unpaired) electrons. The summed E-state index contributed by atoms with van der Waals surface area (Å²) in [5.74, 6) is 0.406. The molecule has 5 nitrogen and oxygen atoms in total. The summed E-state index contributed by atoms with van der Waals surface area (Å²) in [5, 5.41) is 11.8. The number of halogens is 1. The van der Waals surface area contributed by atoms with Crippen molar-refractivity contribution in [3.63, 3.8) is 0 Å². The van der Waals surface area contributed by atoms with Crippen LogP contribution in [0.15, 0.2) is 21.5 Å². The summed E-state index contributed by atoms with van der Waals surface area (Å²) in [7, 11) is 0. The molecule has 0 bridgehead atoms. The molecule has 0 amide bonds. The Morgan fingerprint density at radius 3 is 2.82 bits per heavy atom. The van der Waals surface area contributed by atoms with E-state index >= 15 is 0 Å². The number of nitrogens with one attached hydrogen (secondary N) is 1. The molecule has 0 fully saturated rings. The molecular formula is C9H16IN5S2. The zero-order valence-corrected chi connectivity index (χ0v) is 13.7. The Balaban J connectivity index is 0.00000256. The summed E-state index contributed by atoms with van der Waals surface area (Å²) in [6, 6.07) is 0. The fourth-order valence-corrected chi connectivity index (χ4v) is 2.07. The molecule has 0 aromatic carbocycles. The fourth-order valence-electron chi connectivity index (χ4n) is 0.835. The van der Waals surface area contributed by atoms with Gasteiger partial charge in [0.1, 0.15) is 5.01 Å². The molecular weight excluding hydrogens is 369 g/mol. The van der Waals surface area contributed by atoms with Crippen LogP contribution >= 0.6 is 47.1 Å². The molecule has 17 heavy (non-hydrogen) atoms. The number of hydrogen-bond donors (Lipinski definition) is 2. The molecule has 0 saturated heterocycles. The zero-order valence-electron chi connectivity index (χ0n) is 9.77. The molecule has 3 N–H and O–H groups in total. The second-order valence-electron chi connectivity index (χ2n) is 3.18. The standard InChI is InChI=1S/C9H15N5S2.HI/c1-6(2)4-11-8(10)12-5-7-13-14-9(15-3)16-7;/h1,4-5H2,2-3H3,(H3,10,11,12);1H. The predicted octanol–water partition coefficient (Wildman–Crippen LogP) is 1.86. The van der Waals surface area contributed by atoms with Crippen LogP contribution in [0.3, 0.4) is 0 Å². The number of nitrogens with two attached hydrogens (primary N) is 1. The van der Waals surface area contributed by atoms with E-state index in [1.165, 1.54) is 11.3 Å². The maximum absolute atomic E-state index is 5.66. The van der Waals surface area contributed by atoms with Crippen molar-refractivity contribution in [2.75, 3.05) is 12.8 Å². The monoisotopic (exact) mass is 385 g/mol. The maximum Gasteiger partial charge on any atom is 0.189 e. The Hall–Kier alpha value is -0.350. The van der Waals surface area contributed by atoms with E-state index in [-0.39, 0.29) is 24.0 Å². The minimum absolute atomic E-state index is 0. The molecule has 0 aliphatic rings. The molecule has 0 atom stereocenters. The van der Waals surface area contributed by atoms with Crippen molar-refractivity contribution in [1.82, 2.24) is 15.5 Å². The predicted molar refractivity (Wildman–Crippen MR) is 85.2 cm³/mol. The van der Waals surface area contributed by atoms with Gasteiger partial charge in [-0.15, -0.1) is 34.2 Å². The molecule has 1 rings (SSSR count). The van der Waals surface area contributed by atoms with Gasteiger partial charge in [0.15, 0.2) is 10.3 Å². The lowest BCUT2D eigenvalue weighted by Gasteiger charge is -2.03. The average Bonchev–Trinajstić information content (AvgIpc) is 2.71. The van der Waals surface area contributed by atoms with Gasteiger partial charge in [0, 0.05) is 6.54 Å². The zero-order chi connectivity index (χ0) is 12.0. The molecule has 96 valence electrons. The van der Waals surface area contributed by atoms with Crippen molar-refractivity contribution >= 4 is 53.0 Å². The van der Waals surface area contributed by atoms with Gasteiger partial charge in [-0.3, -0.25) is 0 Å². The summed E-state index contributed by atoms with van der Waals surface area (Å²) in [4.78, 5) is 4.15. The highest BCUT2D eigenvalue weighted by molar-refractivity contribution is 14.0. The number of rotatable bonds is 5. The number of thioether (sulfide) groups is 1. The van der Waals surface area contributed by atoms with Gasteiger partial charge in [-0.1, -0.05) is 35.3 Å². The quantitative estimate of drug-likeness (QED) is 0.266. The Morgan fingerprint density at radius 2 is 2.29 bits per heavy atom. The number of hydrogen-bond acceptors (Lipinski definition) is 5. The summed E-state index contributed by atoms with van der Waals surface area (Å²) >= 11 is 3.11. The molecule has 1 aromatic heterocycles. The highest BCUT2D eigenvalue weighted by atomic mass is 127. The lowest BCUT2D eigenvalue weighted by atomic mass is 10.3. The Morgan fingerprint density at radius 1 is 1.59 bits per heavy atom. The van der Waals surface area contributed by atoms with Crippen molar-refractivity contribution in [3.05, 3.63) is 17.2 Å². The van der Waals surface area contributed by atoms with Crippen LogP contribution in [0.4, 0.5) is 0 Å². The van der Waals surface area contributed by atoms with Crippen molar-refractivity contribution in [2.45, 2.75) is 17.8 Å². The Labute approximate surface area is 126 Å². The van der Waals surface area contributed by atoms with E-state index < -0.39 is 0 Å². The minimum atomic E-state index is 0. The third-order valence-electron chi connectivity index (χ3n) is 1.58. The molecule has 1 heterocycles. The third kappa shape index (κ3) is 6.84. The van der Waals surface area contributed by atoms with Crippen LogP contribution in [0, 0.1) is 0 Å². The first kappa shape index (κ1) is 16.6. The molecule has 1 aromatic rings. The van der Waals surface area contributed by atoms with Crippen LogP contribution < -0.4 is 11.1 Å². The Bertz CT molecular complexity index is 390. The first-order chi connectivity index (χ1) is 7.61. The highest BCUT2D eigenvalue weighted by Crippen LogP contribution is 2.19. The van der Waals surface area contributed by atoms with Crippen molar-refractivity contribution in [2.24, 2.45) is 10.7 Å². The van der Waals surface area contributed by atoms with E-state index in [0.29, 0.717) is 19.0 Å². The van der Waals surface area contributed by atoms with E-state index in [1.54, 1.807) is 11.8 Å². The van der Waals surface area contributed by atoms with Crippen molar-refractivity contribution in [3.8, 4) is 0 Å². The maximum atomic E-state index is 5.66. The minimum Gasteiger partial charge on any atom is -0.370 e. The summed E-state index contributed by atoms with van der Waals surface area (Å²) in [6.45, 7) is 6.80. The fraction of sp³-hybridized carbons (Fsp3) is 0.444. The van der Waals surface area contributed by atoms with Crippen molar-refractivity contribution in [1.29, 1.82) is 0 Å². The number of aromatic nitrogens is 2.